The first-order chi connectivity index (χ1) is 47.4. The van der Waals surface area contributed by atoms with Gasteiger partial charge in [0.05, 0.1) is 16.2 Å². The molecular formula is C96H66. The van der Waals surface area contributed by atoms with Gasteiger partial charge in [-0.1, -0.05) is 339 Å². The van der Waals surface area contributed by atoms with Crippen LogP contribution in [0.5, 0.6) is 0 Å². The Bertz CT molecular complexity index is 5570. The summed E-state index contributed by atoms with van der Waals surface area (Å²) in [6, 6.07) is 128. The highest BCUT2D eigenvalue weighted by molar-refractivity contribution is 6.00. The number of rotatable bonds is 3. The van der Waals surface area contributed by atoms with Crippen molar-refractivity contribution in [1.82, 2.24) is 0 Å². The quantitative estimate of drug-likeness (QED) is 0.165. The molecule has 0 fully saturated rings. The summed E-state index contributed by atoms with van der Waals surface area (Å²) >= 11 is 0. The van der Waals surface area contributed by atoms with E-state index in [4.69, 9.17) is 0 Å². The molecule has 0 aromatic heterocycles. The van der Waals surface area contributed by atoms with E-state index in [1.807, 2.05) is 0 Å². The third-order valence-electron chi connectivity index (χ3n) is 22.2. The molecule has 0 radical (unpaired) electrons. The largest absolute Gasteiger partial charge is 0.0725 e. The van der Waals surface area contributed by atoms with Crippen LogP contribution in [0.3, 0.4) is 0 Å². The van der Waals surface area contributed by atoms with E-state index in [2.05, 4.69) is 367 Å². The Morgan fingerprint density at radius 2 is 0.385 bits per heavy atom. The molecule has 0 heterocycles. The van der Waals surface area contributed by atoms with Gasteiger partial charge < -0.3 is 0 Å². The Morgan fingerprint density at radius 3 is 0.708 bits per heavy atom. The van der Waals surface area contributed by atoms with Crippen molar-refractivity contribution in [3.63, 3.8) is 0 Å². The van der Waals surface area contributed by atoms with Crippen molar-refractivity contribution < 1.29 is 0 Å². The monoisotopic (exact) mass is 1220 g/mol. The fourth-order valence-electron chi connectivity index (χ4n) is 18.3. The van der Waals surface area contributed by atoms with E-state index in [-0.39, 0.29) is 16.2 Å². The summed E-state index contributed by atoms with van der Waals surface area (Å²) in [7, 11) is 0. The maximum absolute atomic E-state index is 2.41. The zero-order valence-electron chi connectivity index (χ0n) is 53.9. The molecule has 3 spiro atoms. The van der Waals surface area contributed by atoms with Crippen molar-refractivity contribution in [2.45, 2.75) is 37.0 Å². The molecular weight excluding hydrogens is 1150 g/mol. The standard InChI is InChI=1S/3C32H22/c1-21-9-8-10-22(19-21)23-17-18-31-27(20-23)26-13-4-7-16-30(26)32(31)28-14-5-2-11-24(28)25-12-3-6-15-29(25)32;1-21-14-16-22(17-15-21)23-18-19-31-27(20-23)26-10-4-7-13-30(26)32(31)28-11-5-2-8-24(28)25-9-3-6-12-29(25)32;1-21-10-2-3-11-23(21)22-18-19-31-27(20-22)26-14-6-9-17-30(26)32(31)28-15-7-4-12-24(28)25-13-5-8-16-29(25)32/h3*2-20H,1H3. The second-order valence-corrected chi connectivity index (χ2v) is 27.0. The molecule has 0 aliphatic heterocycles. The molecule has 0 bridgehead atoms. The van der Waals surface area contributed by atoms with Crippen molar-refractivity contribution in [1.29, 1.82) is 0 Å². The molecule has 0 atom stereocenters. The molecule has 21 rings (SSSR count). The Kier molecular flexibility index (Phi) is 12.5. The number of fused-ring (bicyclic) bond motifs is 30. The Balaban J connectivity index is 0.000000102. The smallest absolute Gasteiger partial charge is 0.0620 e. The minimum Gasteiger partial charge on any atom is -0.0620 e. The first-order valence-corrected chi connectivity index (χ1v) is 33.9. The van der Waals surface area contributed by atoms with Crippen LogP contribution in [0.4, 0.5) is 0 Å². The van der Waals surface area contributed by atoms with Crippen LogP contribution in [-0.2, 0) is 16.2 Å². The first kappa shape index (κ1) is 55.9. The van der Waals surface area contributed by atoms with Gasteiger partial charge in [-0.2, -0.15) is 0 Å². The van der Waals surface area contributed by atoms with Crippen LogP contribution in [0.25, 0.3) is 100 Å². The fourth-order valence-corrected chi connectivity index (χ4v) is 18.3. The third kappa shape index (κ3) is 7.73. The number of hydrogen-bond donors (Lipinski definition) is 0. The van der Waals surface area contributed by atoms with Crippen LogP contribution < -0.4 is 0 Å². The highest BCUT2D eigenvalue weighted by Crippen LogP contribution is 2.66. The normalized spacial score (nSPS) is 14.0. The lowest BCUT2D eigenvalue weighted by molar-refractivity contribution is 0.794. The molecule has 6 aliphatic carbocycles. The molecule has 0 saturated carbocycles. The highest BCUT2D eigenvalue weighted by atomic mass is 14.6. The first-order valence-electron chi connectivity index (χ1n) is 33.9. The van der Waals surface area contributed by atoms with E-state index in [1.54, 1.807) is 0 Å². The zero-order chi connectivity index (χ0) is 63.9. The predicted octanol–water partition coefficient (Wildman–Crippen LogP) is 24.0. The van der Waals surface area contributed by atoms with E-state index in [1.165, 1.54) is 184 Å². The molecule has 0 amide bonds. The van der Waals surface area contributed by atoms with Gasteiger partial charge in [0.1, 0.15) is 0 Å². The van der Waals surface area contributed by atoms with Crippen molar-refractivity contribution in [3.8, 4) is 100 Å². The summed E-state index contributed by atoms with van der Waals surface area (Å²) in [4.78, 5) is 0. The Hall–Kier alpha value is -11.7. The molecule has 0 nitrogen and oxygen atoms in total. The van der Waals surface area contributed by atoms with Crippen LogP contribution in [0.15, 0.2) is 346 Å². The van der Waals surface area contributed by atoms with Crippen molar-refractivity contribution in [3.05, 3.63) is 429 Å². The molecule has 96 heavy (non-hydrogen) atoms. The second-order valence-electron chi connectivity index (χ2n) is 27.0. The van der Waals surface area contributed by atoms with Gasteiger partial charge in [0, 0.05) is 0 Å². The van der Waals surface area contributed by atoms with Gasteiger partial charge in [-0.15, -0.1) is 0 Å². The second kappa shape index (κ2) is 21.4. The number of aryl methyl sites for hydroxylation is 3. The summed E-state index contributed by atoms with van der Waals surface area (Å²) < 4.78 is 0. The van der Waals surface area contributed by atoms with E-state index < -0.39 is 0 Å². The van der Waals surface area contributed by atoms with Crippen molar-refractivity contribution >= 4 is 0 Å². The lowest BCUT2D eigenvalue weighted by atomic mass is 9.70. The maximum Gasteiger partial charge on any atom is 0.0725 e. The van der Waals surface area contributed by atoms with E-state index in [0.717, 1.165) is 0 Å². The van der Waals surface area contributed by atoms with Gasteiger partial charge in [0.25, 0.3) is 0 Å². The van der Waals surface area contributed by atoms with Gasteiger partial charge in [0.15, 0.2) is 0 Å². The van der Waals surface area contributed by atoms with Crippen LogP contribution in [0.2, 0.25) is 0 Å². The molecule has 15 aromatic rings. The average Bonchev–Trinajstić information content (AvgIpc) is 1.53. The molecule has 0 N–H and O–H groups in total. The molecule has 0 unspecified atom stereocenters. The lowest BCUT2D eigenvalue weighted by Crippen LogP contribution is -2.25. The lowest BCUT2D eigenvalue weighted by Gasteiger charge is -2.30. The SMILES string of the molecule is Cc1ccc(-c2ccc3c(c2)-c2ccccc2C32c3ccccc3-c3ccccc32)cc1.Cc1cccc(-c2ccc3c(c2)-c2ccccc2C32c3ccccc3-c3ccccc32)c1.Cc1ccccc1-c1ccc2c(c1)-c1ccccc1C21c2ccccc2-c2ccccc21. The van der Waals surface area contributed by atoms with Gasteiger partial charge in [-0.25, -0.2) is 0 Å². The van der Waals surface area contributed by atoms with Crippen LogP contribution in [0, 0.1) is 20.8 Å². The fraction of sp³-hybridized carbons (Fsp3) is 0.0625. The van der Waals surface area contributed by atoms with Crippen LogP contribution in [-0.4, -0.2) is 0 Å². The molecule has 450 valence electrons. The topological polar surface area (TPSA) is 0 Å². The predicted molar refractivity (Wildman–Crippen MR) is 399 cm³/mol. The summed E-state index contributed by atoms with van der Waals surface area (Å²) in [5.41, 5.74) is 43.9. The minimum atomic E-state index is -0.247. The minimum absolute atomic E-state index is 0.245. The van der Waals surface area contributed by atoms with Crippen LogP contribution >= 0.6 is 0 Å². The van der Waals surface area contributed by atoms with Crippen molar-refractivity contribution in [2.75, 3.05) is 0 Å². The number of hydrogen-bond acceptors (Lipinski definition) is 0. The van der Waals surface area contributed by atoms with Gasteiger partial charge in [-0.05, 0) is 211 Å². The summed E-state index contributed by atoms with van der Waals surface area (Å²) in [5.74, 6) is 0. The summed E-state index contributed by atoms with van der Waals surface area (Å²) in [6.07, 6.45) is 0. The van der Waals surface area contributed by atoms with Gasteiger partial charge in [-0.3, -0.25) is 0 Å². The molecule has 0 saturated heterocycles. The van der Waals surface area contributed by atoms with Gasteiger partial charge in [0.2, 0.25) is 0 Å². The zero-order valence-corrected chi connectivity index (χ0v) is 53.9. The van der Waals surface area contributed by atoms with E-state index in [9.17, 15) is 0 Å². The molecule has 0 heteroatoms. The third-order valence-corrected chi connectivity index (χ3v) is 22.2. The molecule has 15 aromatic carbocycles. The highest BCUT2D eigenvalue weighted by Gasteiger charge is 2.54. The van der Waals surface area contributed by atoms with E-state index in [0.29, 0.717) is 0 Å². The van der Waals surface area contributed by atoms with Crippen molar-refractivity contribution in [2.24, 2.45) is 0 Å². The Labute approximate surface area is 562 Å². The Morgan fingerprint density at radius 1 is 0.146 bits per heavy atom. The maximum atomic E-state index is 2.41. The van der Waals surface area contributed by atoms with E-state index >= 15 is 0 Å². The summed E-state index contributed by atoms with van der Waals surface area (Å²) in [5, 5.41) is 0. The van der Waals surface area contributed by atoms with Crippen LogP contribution in [0.1, 0.15) is 83.5 Å². The molecule has 6 aliphatic rings. The average molecular weight is 1220 g/mol. The summed E-state index contributed by atoms with van der Waals surface area (Å²) in [6.45, 7) is 6.50. The van der Waals surface area contributed by atoms with Gasteiger partial charge >= 0.3 is 0 Å². The number of benzene rings is 15.